The Morgan fingerprint density at radius 1 is 0.782 bits per heavy atom. The van der Waals surface area contributed by atoms with E-state index in [2.05, 4.69) is 33.8 Å². The summed E-state index contributed by atoms with van der Waals surface area (Å²) < 4.78 is 19.9. The highest BCUT2D eigenvalue weighted by molar-refractivity contribution is 6.23. The molecule has 0 saturated carbocycles. The molecule has 0 aromatic heterocycles. The van der Waals surface area contributed by atoms with Crippen molar-refractivity contribution >= 4 is 23.4 Å². The summed E-state index contributed by atoms with van der Waals surface area (Å²) in [6.07, 6.45) is 5.81. The number of nitrogens with zero attached hydrogens (tertiary/aromatic N) is 3. The van der Waals surface area contributed by atoms with Crippen LogP contribution in [0.2, 0.25) is 0 Å². The Bertz CT molecular complexity index is 2090. The lowest BCUT2D eigenvalue weighted by Gasteiger charge is -2.36. The van der Waals surface area contributed by atoms with E-state index >= 15 is 0 Å². The molecule has 10 heteroatoms. The molecule has 3 amide bonds. The molecular weight excluding hydrogens is 696 g/mol. The number of aryl methyl sites for hydroxylation is 1. The topological polar surface area (TPSA) is 102 Å². The summed E-state index contributed by atoms with van der Waals surface area (Å²) in [5, 5.41) is 12.8. The van der Waals surface area contributed by atoms with Crippen LogP contribution in [-0.4, -0.2) is 78.0 Å². The predicted octanol–water partition coefficient (Wildman–Crippen LogP) is 7.15. The number of nitrogens with one attached hydrogen (secondary N) is 1. The second-order valence-electron chi connectivity index (χ2n) is 15.2. The summed E-state index contributed by atoms with van der Waals surface area (Å²) in [6, 6.07) is 25.5. The first-order valence-corrected chi connectivity index (χ1v) is 19.5. The number of phenols is 1. The van der Waals surface area contributed by atoms with Gasteiger partial charge in [0, 0.05) is 43.5 Å². The van der Waals surface area contributed by atoms with Crippen molar-refractivity contribution in [3.63, 3.8) is 0 Å². The van der Waals surface area contributed by atoms with E-state index in [-0.39, 0.29) is 29.3 Å². The molecule has 55 heavy (non-hydrogen) atoms. The van der Waals surface area contributed by atoms with Gasteiger partial charge in [-0.25, -0.2) is 4.39 Å². The fourth-order valence-electron chi connectivity index (χ4n) is 8.83. The van der Waals surface area contributed by atoms with Crippen molar-refractivity contribution in [2.45, 2.75) is 62.8 Å². The minimum Gasteiger partial charge on any atom is -0.508 e. The maximum atomic E-state index is 13.8. The minimum absolute atomic E-state index is 0.0961. The number of piperidine rings is 1. The maximum absolute atomic E-state index is 13.8. The number of ether oxygens (including phenoxy) is 1. The highest BCUT2D eigenvalue weighted by Gasteiger charge is 2.44. The van der Waals surface area contributed by atoms with E-state index in [1.54, 1.807) is 12.1 Å². The number of anilines is 1. The first-order valence-electron chi connectivity index (χ1n) is 19.5. The van der Waals surface area contributed by atoms with Crippen molar-refractivity contribution in [3.8, 4) is 11.5 Å². The van der Waals surface area contributed by atoms with Crippen molar-refractivity contribution in [3.05, 3.63) is 136 Å². The molecule has 1 unspecified atom stereocenters. The lowest BCUT2D eigenvalue weighted by molar-refractivity contribution is -0.125. The van der Waals surface area contributed by atoms with Gasteiger partial charge in [0.15, 0.2) is 0 Å². The molecule has 8 rings (SSSR count). The highest BCUT2D eigenvalue weighted by atomic mass is 19.1. The van der Waals surface area contributed by atoms with Crippen molar-refractivity contribution in [1.29, 1.82) is 0 Å². The number of aromatic hydroxyl groups is 1. The molecule has 2 fully saturated rings. The van der Waals surface area contributed by atoms with Crippen LogP contribution in [0.4, 0.5) is 10.1 Å². The molecule has 0 radical (unpaired) electrons. The molecule has 2 saturated heterocycles. The summed E-state index contributed by atoms with van der Waals surface area (Å²) in [6.45, 7) is 8.95. The van der Waals surface area contributed by atoms with Gasteiger partial charge in [-0.05, 0) is 134 Å². The van der Waals surface area contributed by atoms with Crippen LogP contribution in [0.15, 0.2) is 97.2 Å². The molecule has 0 bridgehead atoms. The Morgan fingerprint density at radius 2 is 1.53 bits per heavy atom. The zero-order valence-electron chi connectivity index (χ0n) is 31.0. The SMILES string of the molecule is C=C1CCC(N2C(=O)c3ccc(N4CCN(CCCCCOc5ccc([C@H]6c7ccc(O)cc7CC[C@H]6c6ccc(F)cc6)cc5)CC4)cc3C2=O)C(=O)N1. The van der Waals surface area contributed by atoms with Gasteiger partial charge in [0.1, 0.15) is 23.4 Å². The summed E-state index contributed by atoms with van der Waals surface area (Å²) >= 11 is 0. The molecule has 2 N–H and O–H groups in total. The standard InChI is InChI=1S/C45H47FN4O5/c1-29-5-20-41(43(52)47-29)50-44(53)39-18-13-34(28-40(39)45(50)54)49-24-22-48(23-25-49)21-3-2-4-26-55-36-15-8-31(9-16-36)42-37(30-6-11-33(46)12-7-30)17-10-32-27-35(51)14-19-38(32)42/h6-9,11-16,18-19,27-28,37,41-42,51H,1-5,10,17,20-26H2,(H,47,52)/t37-,41?,42+/m0/s1. The fraction of sp³-hybridized carbons (Fsp3) is 0.356. The van der Waals surface area contributed by atoms with Gasteiger partial charge < -0.3 is 20.1 Å². The number of rotatable bonds is 11. The van der Waals surface area contributed by atoms with E-state index in [1.165, 1.54) is 23.3 Å². The third-order valence-corrected chi connectivity index (χ3v) is 11.8. The molecule has 4 aromatic rings. The summed E-state index contributed by atoms with van der Waals surface area (Å²) in [4.78, 5) is 44.9. The Labute approximate surface area is 321 Å². The normalized spacial score (nSPS) is 21.4. The molecule has 284 valence electrons. The zero-order chi connectivity index (χ0) is 38.1. The van der Waals surface area contributed by atoms with Crippen LogP contribution < -0.4 is 15.0 Å². The van der Waals surface area contributed by atoms with Crippen LogP contribution in [-0.2, 0) is 11.2 Å². The summed E-state index contributed by atoms with van der Waals surface area (Å²) in [5.74, 6) is 0.0235. The van der Waals surface area contributed by atoms with Gasteiger partial charge in [0.25, 0.3) is 11.8 Å². The quantitative estimate of drug-likeness (QED) is 0.124. The van der Waals surface area contributed by atoms with Crippen molar-refractivity contribution in [1.82, 2.24) is 15.1 Å². The van der Waals surface area contributed by atoms with Gasteiger partial charge in [-0.1, -0.05) is 36.9 Å². The molecule has 1 aliphatic carbocycles. The highest BCUT2D eigenvalue weighted by Crippen LogP contribution is 2.47. The van der Waals surface area contributed by atoms with Gasteiger partial charge in [-0.2, -0.15) is 0 Å². The lowest BCUT2D eigenvalue weighted by Crippen LogP contribution is -2.51. The number of unbranched alkanes of at least 4 members (excludes halogenated alkanes) is 2. The largest absolute Gasteiger partial charge is 0.508 e. The molecule has 3 heterocycles. The zero-order valence-corrected chi connectivity index (χ0v) is 31.0. The smallest absolute Gasteiger partial charge is 0.262 e. The number of allylic oxidation sites excluding steroid dienone is 1. The fourth-order valence-corrected chi connectivity index (χ4v) is 8.83. The number of amides is 3. The molecule has 3 aliphatic heterocycles. The number of benzene rings is 4. The number of hydrogen-bond acceptors (Lipinski definition) is 7. The third-order valence-electron chi connectivity index (χ3n) is 11.8. The van der Waals surface area contributed by atoms with Crippen LogP contribution in [0.1, 0.15) is 93.3 Å². The number of halogens is 1. The molecule has 0 spiro atoms. The van der Waals surface area contributed by atoms with E-state index < -0.39 is 17.9 Å². The monoisotopic (exact) mass is 742 g/mol. The van der Waals surface area contributed by atoms with Crippen molar-refractivity contribution < 1.29 is 28.6 Å². The third kappa shape index (κ3) is 7.60. The average molecular weight is 743 g/mol. The Morgan fingerprint density at radius 3 is 2.29 bits per heavy atom. The number of piperazine rings is 1. The summed E-state index contributed by atoms with van der Waals surface area (Å²) in [5.41, 5.74) is 6.92. The second-order valence-corrected chi connectivity index (χ2v) is 15.2. The van der Waals surface area contributed by atoms with Crippen LogP contribution in [0.3, 0.4) is 0 Å². The van der Waals surface area contributed by atoms with Gasteiger partial charge in [0.05, 0.1) is 17.7 Å². The number of carbonyl (C=O) groups is 3. The van der Waals surface area contributed by atoms with E-state index in [4.69, 9.17) is 4.74 Å². The lowest BCUT2D eigenvalue weighted by atomic mass is 9.69. The van der Waals surface area contributed by atoms with Crippen LogP contribution >= 0.6 is 0 Å². The summed E-state index contributed by atoms with van der Waals surface area (Å²) in [7, 11) is 0. The van der Waals surface area contributed by atoms with E-state index in [0.29, 0.717) is 36.3 Å². The van der Waals surface area contributed by atoms with Gasteiger partial charge in [-0.15, -0.1) is 0 Å². The molecule has 4 aliphatic rings. The van der Waals surface area contributed by atoms with E-state index in [9.17, 15) is 23.9 Å². The van der Waals surface area contributed by atoms with Crippen LogP contribution in [0, 0.1) is 5.82 Å². The average Bonchev–Trinajstić information content (AvgIpc) is 3.44. The first-order chi connectivity index (χ1) is 26.7. The van der Waals surface area contributed by atoms with Gasteiger partial charge in [-0.3, -0.25) is 24.2 Å². The van der Waals surface area contributed by atoms with Crippen molar-refractivity contribution in [2.24, 2.45) is 0 Å². The predicted molar refractivity (Wildman–Crippen MR) is 209 cm³/mol. The Balaban J connectivity index is 0.786. The molecule has 3 atom stereocenters. The number of phenolic OH excluding ortho intramolecular Hbond substituents is 1. The van der Waals surface area contributed by atoms with Crippen LogP contribution in [0.5, 0.6) is 11.5 Å². The molecule has 9 nitrogen and oxygen atoms in total. The molecule has 4 aromatic carbocycles. The Kier molecular flexibility index (Phi) is 10.4. The first kappa shape index (κ1) is 36.5. The van der Waals surface area contributed by atoms with Crippen molar-refractivity contribution in [2.75, 3.05) is 44.2 Å². The second kappa shape index (κ2) is 15.7. The number of fused-ring (bicyclic) bond motifs is 2. The van der Waals surface area contributed by atoms with Gasteiger partial charge in [0.2, 0.25) is 5.91 Å². The van der Waals surface area contributed by atoms with Crippen LogP contribution in [0.25, 0.3) is 0 Å². The van der Waals surface area contributed by atoms with Gasteiger partial charge >= 0.3 is 0 Å². The number of hydrogen-bond donors (Lipinski definition) is 2. The molecular formula is C45H47FN4O5. The van der Waals surface area contributed by atoms with E-state index in [0.717, 1.165) is 92.3 Å². The number of carbonyl (C=O) groups excluding carboxylic acids is 3. The number of imide groups is 1. The minimum atomic E-state index is -0.809. The Hall–Kier alpha value is -5.48. The van der Waals surface area contributed by atoms with E-state index in [1.807, 2.05) is 48.5 Å². The maximum Gasteiger partial charge on any atom is 0.262 e.